The maximum absolute atomic E-state index is 13.5. The fourth-order valence-corrected chi connectivity index (χ4v) is 6.74. The number of rotatable bonds is 8. The lowest BCUT2D eigenvalue weighted by molar-refractivity contribution is 0.0226. The van der Waals surface area contributed by atoms with Crippen LogP contribution in [-0.4, -0.2) is 23.4 Å². The Hall–Kier alpha value is -4.72. The number of hydrogen-bond acceptors (Lipinski definition) is 7. The van der Waals surface area contributed by atoms with Crippen LogP contribution in [0.3, 0.4) is 0 Å². The third kappa shape index (κ3) is 4.71. The second kappa shape index (κ2) is 11.2. The quantitative estimate of drug-likeness (QED) is 0.139. The normalized spacial score (nSPS) is 16.2. The molecule has 2 heterocycles. The molecule has 43 heavy (non-hydrogen) atoms. The number of anilines is 4. The van der Waals surface area contributed by atoms with Crippen LogP contribution in [0.25, 0.3) is 0 Å². The number of carbonyl (C=O) groups is 1. The predicted octanol–water partition coefficient (Wildman–Crippen LogP) is 9.09. The Kier molecular flexibility index (Phi) is 7.05. The van der Waals surface area contributed by atoms with E-state index < -0.39 is 5.60 Å². The average molecular weight is 586 g/mol. The highest BCUT2D eigenvalue weighted by Gasteiger charge is 2.54. The van der Waals surface area contributed by atoms with Gasteiger partial charge in [0, 0.05) is 34.8 Å². The largest absolute Gasteiger partial charge is 0.456 e. The summed E-state index contributed by atoms with van der Waals surface area (Å²) in [5.41, 5.74) is 5.31. The van der Waals surface area contributed by atoms with Crippen LogP contribution in [0.15, 0.2) is 120 Å². The van der Waals surface area contributed by atoms with Crippen LogP contribution in [0.2, 0.25) is 0 Å². The molecule has 214 valence electrons. The monoisotopic (exact) mass is 585 g/mol. The van der Waals surface area contributed by atoms with Crippen molar-refractivity contribution in [3.05, 3.63) is 138 Å². The van der Waals surface area contributed by atoms with Crippen molar-refractivity contribution in [3.63, 3.8) is 0 Å². The Morgan fingerprint density at radius 2 is 1.40 bits per heavy atom. The molecule has 0 fully saturated rings. The van der Waals surface area contributed by atoms with Gasteiger partial charge < -0.3 is 20.1 Å². The number of esters is 1. The van der Waals surface area contributed by atoms with Crippen LogP contribution < -0.4 is 15.4 Å². The third-order valence-electron chi connectivity index (χ3n) is 7.89. The van der Waals surface area contributed by atoms with Crippen molar-refractivity contribution < 1.29 is 14.3 Å². The van der Waals surface area contributed by atoms with Crippen LogP contribution in [-0.2, 0) is 10.3 Å². The molecule has 2 aliphatic rings. The van der Waals surface area contributed by atoms with E-state index in [1.54, 1.807) is 11.9 Å². The summed E-state index contributed by atoms with van der Waals surface area (Å²) < 4.78 is 15.4. The number of fused-ring (bicyclic) bond motifs is 6. The van der Waals surface area contributed by atoms with Gasteiger partial charge in [-0.2, -0.15) is 0 Å². The minimum Gasteiger partial charge on any atom is -0.456 e. The van der Waals surface area contributed by atoms with Gasteiger partial charge in [-0.15, -0.1) is 0 Å². The van der Waals surface area contributed by atoms with Crippen molar-refractivity contribution >= 4 is 40.7 Å². The fraction of sp³-hybridized carbons (Fsp3) is 0.139. The van der Waals surface area contributed by atoms with Crippen molar-refractivity contribution in [1.82, 2.24) is 4.31 Å². The number of benzene rings is 5. The molecule has 1 unspecified atom stereocenters. The Morgan fingerprint density at radius 3 is 2.19 bits per heavy atom. The molecule has 0 aliphatic carbocycles. The van der Waals surface area contributed by atoms with E-state index in [4.69, 9.17) is 9.47 Å². The van der Waals surface area contributed by atoms with E-state index in [2.05, 4.69) is 40.9 Å². The number of carbonyl (C=O) groups excluding carboxylic acids is 1. The van der Waals surface area contributed by atoms with E-state index in [1.807, 2.05) is 103 Å². The van der Waals surface area contributed by atoms with Gasteiger partial charge in [-0.05, 0) is 72.6 Å². The van der Waals surface area contributed by atoms with Crippen LogP contribution in [0.5, 0.6) is 11.5 Å². The SMILES string of the molecule is CCN(CC)Sc1ccc2c(c1)Oc1cccc(Nc3ccccc3Nc3ccccc3)c1C21OC(=O)c2ccccc21. The van der Waals surface area contributed by atoms with Crippen LogP contribution >= 0.6 is 11.9 Å². The molecule has 0 radical (unpaired) electrons. The summed E-state index contributed by atoms with van der Waals surface area (Å²) in [5, 5.41) is 7.17. The van der Waals surface area contributed by atoms with Crippen molar-refractivity contribution in [2.75, 3.05) is 23.7 Å². The first-order chi connectivity index (χ1) is 21.1. The summed E-state index contributed by atoms with van der Waals surface area (Å²) in [7, 11) is 0. The summed E-state index contributed by atoms with van der Waals surface area (Å²) >= 11 is 1.69. The summed E-state index contributed by atoms with van der Waals surface area (Å²) in [6, 6.07) is 37.9. The zero-order valence-corrected chi connectivity index (χ0v) is 24.8. The van der Waals surface area contributed by atoms with Crippen molar-refractivity contribution in [3.8, 4) is 11.5 Å². The van der Waals surface area contributed by atoms with E-state index in [0.29, 0.717) is 17.1 Å². The van der Waals surface area contributed by atoms with Gasteiger partial charge in [0.2, 0.25) is 0 Å². The van der Waals surface area contributed by atoms with Crippen molar-refractivity contribution in [2.45, 2.75) is 24.3 Å². The molecule has 2 aliphatic heterocycles. The molecular formula is C36H31N3O3S. The third-order valence-corrected chi connectivity index (χ3v) is 9.13. The molecule has 0 amide bonds. The lowest BCUT2D eigenvalue weighted by atomic mass is 9.77. The molecule has 7 rings (SSSR count). The second-order valence-corrected chi connectivity index (χ2v) is 11.6. The highest BCUT2D eigenvalue weighted by atomic mass is 32.2. The summed E-state index contributed by atoms with van der Waals surface area (Å²) in [5.74, 6) is 0.967. The topological polar surface area (TPSA) is 62.8 Å². The number of nitrogens with zero attached hydrogens (tertiary/aromatic N) is 1. The molecule has 7 heteroatoms. The summed E-state index contributed by atoms with van der Waals surface area (Å²) in [4.78, 5) is 14.5. The summed E-state index contributed by atoms with van der Waals surface area (Å²) in [6.07, 6.45) is 0. The molecule has 0 saturated carbocycles. The second-order valence-electron chi connectivity index (χ2n) is 10.4. The highest BCUT2D eigenvalue weighted by Crippen LogP contribution is 2.58. The van der Waals surface area contributed by atoms with Crippen LogP contribution in [0.4, 0.5) is 22.7 Å². The van der Waals surface area contributed by atoms with E-state index in [0.717, 1.165) is 57.4 Å². The van der Waals surface area contributed by atoms with Gasteiger partial charge in [0.1, 0.15) is 11.5 Å². The molecule has 1 spiro atoms. The van der Waals surface area contributed by atoms with E-state index in [-0.39, 0.29) is 5.97 Å². The Morgan fingerprint density at radius 1 is 0.698 bits per heavy atom. The fourth-order valence-electron chi connectivity index (χ4n) is 5.90. The standard InChI is InChI=1S/C36H31N3O3S/c1-3-39(4-2)43-25-21-22-28-33(23-25)41-32-20-12-19-31(34(32)36(28)27-16-9-8-15-26(27)35(40)42-36)38-30-18-11-10-17-29(30)37-24-13-6-5-7-14-24/h5-23,37-38H,3-4H2,1-2H3. The average Bonchev–Trinajstić information content (AvgIpc) is 3.33. The van der Waals surface area contributed by atoms with Gasteiger partial charge in [-0.25, -0.2) is 9.10 Å². The lowest BCUT2D eigenvalue weighted by Gasteiger charge is -2.38. The molecule has 5 aromatic carbocycles. The molecule has 0 aromatic heterocycles. The van der Waals surface area contributed by atoms with Crippen molar-refractivity contribution in [1.29, 1.82) is 0 Å². The van der Waals surface area contributed by atoms with Gasteiger partial charge >= 0.3 is 5.97 Å². The lowest BCUT2D eigenvalue weighted by Crippen LogP contribution is -2.34. The number of nitrogens with one attached hydrogen (secondary N) is 2. The maximum atomic E-state index is 13.5. The first kappa shape index (κ1) is 27.1. The smallest absolute Gasteiger partial charge is 0.340 e. The highest BCUT2D eigenvalue weighted by molar-refractivity contribution is 7.97. The minimum absolute atomic E-state index is 0.350. The van der Waals surface area contributed by atoms with Crippen molar-refractivity contribution in [2.24, 2.45) is 0 Å². The van der Waals surface area contributed by atoms with Gasteiger partial charge in [-0.1, -0.05) is 68.4 Å². The molecular weight excluding hydrogens is 554 g/mol. The van der Waals surface area contributed by atoms with Gasteiger partial charge in [0.15, 0.2) is 5.60 Å². The van der Waals surface area contributed by atoms with E-state index in [1.165, 1.54) is 0 Å². The molecule has 0 bridgehead atoms. The summed E-state index contributed by atoms with van der Waals surface area (Å²) in [6.45, 7) is 6.14. The first-order valence-corrected chi connectivity index (χ1v) is 15.3. The number of para-hydroxylation sites is 3. The Labute approximate surface area is 255 Å². The molecule has 0 saturated heterocycles. The predicted molar refractivity (Wildman–Crippen MR) is 173 cm³/mol. The van der Waals surface area contributed by atoms with Gasteiger partial charge in [0.25, 0.3) is 0 Å². The van der Waals surface area contributed by atoms with Crippen LogP contribution in [0.1, 0.15) is 40.9 Å². The number of ether oxygens (including phenoxy) is 2. The Bertz CT molecular complexity index is 1820. The molecule has 2 N–H and O–H groups in total. The van der Waals surface area contributed by atoms with Gasteiger partial charge in [-0.3, -0.25) is 0 Å². The molecule has 6 nitrogen and oxygen atoms in total. The molecule has 5 aromatic rings. The van der Waals surface area contributed by atoms with E-state index >= 15 is 0 Å². The Balaban J connectivity index is 1.38. The molecule has 1 atom stereocenters. The van der Waals surface area contributed by atoms with Gasteiger partial charge in [0.05, 0.1) is 28.2 Å². The first-order valence-electron chi connectivity index (χ1n) is 14.5. The zero-order chi connectivity index (χ0) is 29.4. The van der Waals surface area contributed by atoms with Crippen LogP contribution in [0, 0.1) is 0 Å². The number of hydrogen-bond donors (Lipinski definition) is 2. The maximum Gasteiger partial charge on any atom is 0.340 e. The minimum atomic E-state index is -1.18. The zero-order valence-electron chi connectivity index (χ0n) is 24.0. The van der Waals surface area contributed by atoms with E-state index in [9.17, 15) is 4.79 Å².